The predicted molar refractivity (Wildman–Crippen MR) is 94.3 cm³/mol. The molecule has 0 saturated heterocycles. The van der Waals surface area contributed by atoms with Crippen LogP contribution in [0, 0.1) is 5.92 Å². The Balaban J connectivity index is 1.45. The number of benzene rings is 1. The third kappa shape index (κ3) is 3.71. The van der Waals surface area contributed by atoms with Crippen LogP contribution in [0.25, 0.3) is 0 Å². The Morgan fingerprint density at radius 1 is 1.36 bits per heavy atom. The number of nitrogens with zero attached hydrogens (tertiary/aromatic N) is 1. The van der Waals surface area contributed by atoms with E-state index in [9.17, 15) is 4.79 Å². The second kappa shape index (κ2) is 6.92. The van der Waals surface area contributed by atoms with Crippen LogP contribution < -0.4 is 14.8 Å². The van der Waals surface area contributed by atoms with Crippen LogP contribution in [0.1, 0.15) is 34.3 Å². The molecule has 0 atom stereocenters. The van der Waals surface area contributed by atoms with Gasteiger partial charge in [0.25, 0.3) is 5.91 Å². The lowest BCUT2D eigenvalue weighted by atomic mass is 10.1. The van der Waals surface area contributed by atoms with Gasteiger partial charge in [0.1, 0.15) is 11.3 Å². The van der Waals surface area contributed by atoms with Crippen molar-refractivity contribution in [3.8, 4) is 11.6 Å². The second-order valence-electron chi connectivity index (χ2n) is 6.45. The van der Waals surface area contributed by atoms with Gasteiger partial charge in [-0.15, -0.1) is 0 Å². The molecule has 1 fully saturated rings. The van der Waals surface area contributed by atoms with Crippen LogP contribution in [0.2, 0.25) is 5.02 Å². The average Bonchev–Trinajstić information content (AvgIpc) is 3.33. The van der Waals surface area contributed by atoms with Gasteiger partial charge in [0, 0.05) is 19.2 Å². The molecule has 1 saturated carbocycles. The lowest BCUT2D eigenvalue weighted by molar-refractivity contribution is 0.0945. The standard InChI is InChI=1S/C19H19ClN2O3/c20-15-5-7-21-19(25-11-12-1-2-12)17(15)18(23)22-10-13-3-4-16-14(9-13)6-8-24-16/h3-5,7,9,12H,1-2,6,8,10-11H2,(H,22,23). The van der Waals surface area contributed by atoms with Crippen molar-refractivity contribution < 1.29 is 14.3 Å². The highest BCUT2D eigenvalue weighted by molar-refractivity contribution is 6.34. The molecule has 2 aliphatic rings. The minimum atomic E-state index is -0.277. The number of carbonyl (C=O) groups is 1. The first-order valence-corrected chi connectivity index (χ1v) is 8.88. The van der Waals surface area contributed by atoms with Gasteiger partial charge in [0.2, 0.25) is 5.88 Å². The topological polar surface area (TPSA) is 60.5 Å². The Morgan fingerprint density at radius 3 is 3.08 bits per heavy atom. The molecule has 1 N–H and O–H groups in total. The molecular formula is C19H19ClN2O3. The molecule has 1 aromatic carbocycles. The number of halogens is 1. The smallest absolute Gasteiger partial charge is 0.258 e. The molecule has 1 aromatic heterocycles. The van der Waals surface area contributed by atoms with E-state index in [2.05, 4.69) is 16.4 Å². The monoisotopic (exact) mass is 358 g/mol. The fourth-order valence-electron chi connectivity index (χ4n) is 2.84. The highest BCUT2D eigenvalue weighted by Crippen LogP contribution is 2.31. The minimum absolute atomic E-state index is 0.277. The van der Waals surface area contributed by atoms with Gasteiger partial charge in [-0.3, -0.25) is 4.79 Å². The molecular weight excluding hydrogens is 340 g/mol. The van der Waals surface area contributed by atoms with Crippen LogP contribution in [0.4, 0.5) is 0 Å². The first kappa shape index (κ1) is 16.2. The summed E-state index contributed by atoms with van der Waals surface area (Å²) in [5.74, 6) is 1.53. The van der Waals surface area contributed by atoms with Crippen molar-refractivity contribution in [2.24, 2.45) is 5.92 Å². The van der Waals surface area contributed by atoms with Gasteiger partial charge in [-0.1, -0.05) is 23.7 Å². The molecule has 1 aliphatic heterocycles. The highest BCUT2D eigenvalue weighted by atomic mass is 35.5. The zero-order chi connectivity index (χ0) is 17.2. The number of carbonyl (C=O) groups excluding carboxylic acids is 1. The molecule has 0 radical (unpaired) electrons. The molecule has 5 nitrogen and oxygen atoms in total. The SMILES string of the molecule is O=C(NCc1ccc2c(c1)CCO2)c1c(Cl)ccnc1OCC1CC1. The van der Waals surface area contributed by atoms with Crippen LogP contribution in [-0.2, 0) is 13.0 Å². The van der Waals surface area contributed by atoms with Gasteiger partial charge in [0.15, 0.2) is 0 Å². The van der Waals surface area contributed by atoms with E-state index in [4.69, 9.17) is 21.1 Å². The van der Waals surface area contributed by atoms with E-state index in [0.717, 1.165) is 24.3 Å². The third-order valence-corrected chi connectivity index (χ3v) is 4.77. The summed E-state index contributed by atoms with van der Waals surface area (Å²) in [5.41, 5.74) is 2.51. The lowest BCUT2D eigenvalue weighted by Gasteiger charge is -2.12. The Bertz CT molecular complexity index is 805. The number of nitrogens with one attached hydrogen (secondary N) is 1. The molecule has 1 aliphatic carbocycles. The van der Waals surface area contributed by atoms with E-state index in [-0.39, 0.29) is 5.91 Å². The number of hydrogen-bond acceptors (Lipinski definition) is 4. The molecule has 1 amide bonds. The minimum Gasteiger partial charge on any atom is -0.493 e. The van der Waals surface area contributed by atoms with Gasteiger partial charge in [-0.05, 0) is 42.0 Å². The summed E-state index contributed by atoms with van der Waals surface area (Å²) < 4.78 is 11.2. The summed E-state index contributed by atoms with van der Waals surface area (Å²) in [6.45, 7) is 1.72. The first-order valence-electron chi connectivity index (χ1n) is 8.51. The Morgan fingerprint density at radius 2 is 2.24 bits per heavy atom. The highest BCUT2D eigenvalue weighted by Gasteiger charge is 2.24. The summed E-state index contributed by atoms with van der Waals surface area (Å²) in [6, 6.07) is 7.58. The first-order chi connectivity index (χ1) is 12.2. The number of rotatable bonds is 6. The molecule has 2 aromatic rings. The van der Waals surface area contributed by atoms with E-state index >= 15 is 0 Å². The predicted octanol–water partition coefficient (Wildman–Crippen LogP) is 3.39. The van der Waals surface area contributed by atoms with Crippen LogP contribution in [0.15, 0.2) is 30.5 Å². The summed E-state index contributed by atoms with van der Waals surface area (Å²) in [6.07, 6.45) is 4.81. The van der Waals surface area contributed by atoms with Crippen molar-refractivity contribution in [1.29, 1.82) is 0 Å². The number of hydrogen-bond donors (Lipinski definition) is 1. The summed E-state index contributed by atoms with van der Waals surface area (Å²) in [4.78, 5) is 16.8. The molecule has 0 spiro atoms. The van der Waals surface area contributed by atoms with Gasteiger partial charge >= 0.3 is 0 Å². The maximum atomic E-state index is 12.6. The Labute approximate surface area is 151 Å². The van der Waals surface area contributed by atoms with Crippen molar-refractivity contribution in [2.45, 2.75) is 25.8 Å². The van der Waals surface area contributed by atoms with Gasteiger partial charge < -0.3 is 14.8 Å². The molecule has 4 rings (SSSR count). The fraction of sp³-hybridized carbons (Fsp3) is 0.368. The Kier molecular flexibility index (Phi) is 4.49. The fourth-order valence-corrected chi connectivity index (χ4v) is 3.06. The molecule has 0 unspecified atom stereocenters. The number of aromatic nitrogens is 1. The van der Waals surface area contributed by atoms with Gasteiger partial charge in [0.05, 0.1) is 18.2 Å². The lowest BCUT2D eigenvalue weighted by Crippen LogP contribution is -2.24. The van der Waals surface area contributed by atoms with E-state index in [1.54, 1.807) is 12.3 Å². The zero-order valence-corrected chi connectivity index (χ0v) is 14.5. The summed E-state index contributed by atoms with van der Waals surface area (Å²) >= 11 is 6.22. The molecule has 25 heavy (non-hydrogen) atoms. The van der Waals surface area contributed by atoms with Crippen LogP contribution in [0.5, 0.6) is 11.6 Å². The van der Waals surface area contributed by atoms with Crippen molar-refractivity contribution >= 4 is 17.5 Å². The third-order valence-electron chi connectivity index (χ3n) is 4.45. The van der Waals surface area contributed by atoms with Crippen molar-refractivity contribution in [1.82, 2.24) is 10.3 Å². The molecule has 2 heterocycles. The maximum Gasteiger partial charge on any atom is 0.258 e. The average molecular weight is 359 g/mol. The van der Waals surface area contributed by atoms with Crippen LogP contribution in [-0.4, -0.2) is 24.1 Å². The van der Waals surface area contributed by atoms with E-state index < -0.39 is 0 Å². The van der Waals surface area contributed by atoms with E-state index in [1.807, 2.05) is 12.1 Å². The van der Waals surface area contributed by atoms with Crippen molar-refractivity contribution in [3.63, 3.8) is 0 Å². The Hall–Kier alpha value is -2.27. The summed E-state index contributed by atoms with van der Waals surface area (Å²) in [5, 5.41) is 3.25. The van der Waals surface area contributed by atoms with Crippen LogP contribution >= 0.6 is 11.6 Å². The molecule has 6 heteroatoms. The zero-order valence-electron chi connectivity index (χ0n) is 13.8. The number of fused-ring (bicyclic) bond motifs is 1. The van der Waals surface area contributed by atoms with Crippen molar-refractivity contribution in [2.75, 3.05) is 13.2 Å². The number of amides is 1. The number of pyridine rings is 1. The van der Waals surface area contributed by atoms with Crippen LogP contribution in [0.3, 0.4) is 0 Å². The van der Waals surface area contributed by atoms with Crippen molar-refractivity contribution in [3.05, 3.63) is 52.2 Å². The molecule has 130 valence electrons. The maximum absolute atomic E-state index is 12.6. The van der Waals surface area contributed by atoms with Gasteiger partial charge in [-0.25, -0.2) is 4.98 Å². The summed E-state index contributed by atoms with van der Waals surface area (Å²) in [7, 11) is 0. The van der Waals surface area contributed by atoms with Gasteiger partial charge in [-0.2, -0.15) is 0 Å². The number of ether oxygens (including phenoxy) is 2. The second-order valence-corrected chi connectivity index (χ2v) is 6.86. The van der Waals surface area contributed by atoms with E-state index in [0.29, 0.717) is 35.5 Å². The van der Waals surface area contributed by atoms with E-state index in [1.165, 1.54) is 18.4 Å². The molecule has 0 bridgehead atoms. The normalized spacial score (nSPS) is 15.4. The largest absolute Gasteiger partial charge is 0.493 e. The quantitative estimate of drug-likeness (QED) is 0.859.